The summed E-state index contributed by atoms with van der Waals surface area (Å²) in [7, 11) is 1.21. The molecule has 2 unspecified atom stereocenters. The summed E-state index contributed by atoms with van der Waals surface area (Å²) in [5, 5.41) is 15.2. The normalized spacial score (nSPS) is 18.0. The van der Waals surface area contributed by atoms with Crippen LogP contribution in [0.5, 0.6) is 0 Å². The van der Waals surface area contributed by atoms with Crippen LogP contribution in [0.25, 0.3) is 0 Å². The third-order valence-electron chi connectivity index (χ3n) is 4.33. The highest BCUT2D eigenvalue weighted by molar-refractivity contribution is 5.94. The van der Waals surface area contributed by atoms with Gasteiger partial charge in [0.05, 0.1) is 7.11 Å². The first-order valence-corrected chi connectivity index (χ1v) is 9.16. The van der Waals surface area contributed by atoms with Crippen molar-refractivity contribution in [3.8, 4) is 0 Å². The second-order valence-electron chi connectivity index (χ2n) is 6.44. The highest BCUT2D eigenvalue weighted by Gasteiger charge is 2.25. The number of nitrogens with zero attached hydrogens (tertiary/aromatic N) is 3. The maximum absolute atomic E-state index is 12.4. The number of aromatic nitrogens is 1. The van der Waals surface area contributed by atoms with E-state index in [2.05, 4.69) is 20.6 Å². The number of oxazole rings is 1. The fraction of sp³-hybridized carbons (Fsp3) is 0.625. The van der Waals surface area contributed by atoms with Crippen LogP contribution in [0.4, 0.5) is 0 Å². The van der Waals surface area contributed by atoms with Gasteiger partial charge in [-0.2, -0.15) is 0 Å². The minimum atomic E-state index is -0.927. The van der Waals surface area contributed by atoms with Crippen LogP contribution in [-0.2, 0) is 9.53 Å². The van der Waals surface area contributed by atoms with Gasteiger partial charge in [-0.25, -0.2) is 24.9 Å². The van der Waals surface area contributed by atoms with E-state index < -0.39 is 23.0 Å². The van der Waals surface area contributed by atoms with E-state index in [0.29, 0.717) is 12.3 Å². The van der Waals surface area contributed by atoms with Gasteiger partial charge < -0.3 is 25.5 Å². The number of guanidine groups is 1. The predicted molar refractivity (Wildman–Crippen MR) is 100 cm³/mol. The van der Waals surface area contributed by atoms with Crippen molar-refractivity contribution in [3.63, 3.8) is 0 Å². The molecule has 2 heterocycles. The highest BCUT2D eigenvalue weighted by atomic mass is 16.7. The third-order valence-corrected chi connectivity index (χ3v) is 4.33. The van der Waals surface area contributed by atoms with Crippen LogP contribution in [0, 0.1) is 10.1 Å². The van der Waals surface area contributed by atoms with Gasteiger partial charge in [-0.05, 0) is 32.2 Å². The zero-order valence-electron chi connectivity index (χ0n) is 16.1. The Balaban J connectivity index is 1.90. The molecular weight excluding hydrogens is 386 g/mol. The Morgan fingerprint density at radius 3 is 3.03 bits per heavy atom. The van der Waals surface area contributed by atoms with Crippen molar-refractivity contribution in [1.82, 2.24) is 21.0 Å². The largest absolute Gasteiger partial charge is 0.467 e. The van der Waals surface area contributed by atoms with Crippen LogP contribution >= 0.6 is 0 Å². The van der Waals surface area contributed by atoms with E-state index in [9.17, 15) is 19.7 Å². The number of nitrogens with two attached hydrogens (primary N) is 1. The van der Waals surface area contributed by atoms with E-state index in [1.54, 1.807) is 5.43 Å². The van der Waals surface area contributed by atoms with Crippen molar-refractivity contribution < 1.29 is 23.8 Å². The molecule has 0 aliphatic carbocycles. The minimum Gasteiger partial charge on any atom is -0.467 e. The summed E-state index contributed by atoms with van der Waals surface area (Å²) in [6.07, 6.45) is 3.72. The highest BCUT2D eigenvalue weighted by Crippen LogP contribution is 2.22. The predicted octanol–water partition coefficient (Wildman–Crippen LogP) is -0.711. The number of methoxy groups -OCH3 is 1. The fourth-order valence-electron chi connectivity index (χ4n) is 2.89. The molecule has 0 aromatic carbocycles. The maximum atomic E-state index is 12.4. The molecule has 2 atom stereocenters. The van der Waals surface area contributed by atoms with E-state index >= 15 is 0 Å². The summed E-state index contributed by atoms with van der Waals surface area (Å²) in [4.78, 5) is 42.6. The van der Waals surface area contributed by atoms with E-state index in [4.69, 9.17) is 14.9 Å². The Kier molecular flexibility index (Phi) is 8.33. The van der Waals surface area contributed by atoms with Gasteiger partial charge in [0.15, 0.2) is 16.6 Å². The summed E-state index contributed by atoms with van der Waals surface area (Å²) in [6, 6.07) is -0.927. The summed E-state index contributed by atoms with van der Waals surface area (Å²) < 4.78 is 10.1. The van der Waals surface area contributed by atoms with Crippen molar-refractivity contribution in [3.05, 3.63) is 28.0 Å². The molecule has 0 saturated carbocycles. The van der Waals surface area contributed by atoms with Crippen LogP contribution in [0.2, 0.25) is 0 Å². The van der Waals surface area contributed by atoms with Crippen LogP contribution in [0.15, 0.2) is 15.7 Å². The molecule has 1 saturated heterocycles. The van der Waals surface area contributed by atoms with E-state index in [-0.39, 0.29) is 30.5 Å². The number of rotatable bonds is 9. The van der Waals surface area contributed by atoms with Crippen LogP contribution in [-0.4, -0.2) is 60.6 Å². The van der Waals surface area contributed by atoms with Crippen molar-refractivity contribution >= 4 is 17.8 Å². The lowest BCUT2D eigenvalue weighted by atomic mass is 10.00. The van der Waals surface area contributed by atoms with Crippen LogP contribution in [0.1, 0.15) is 48.0 Å². The minimum absolute atomic E-state index is 0.0805. The van der Waals surface area contributed by atoms with E-state index in [1.165, 1.54) is 13.4 Å². The molecule has 0 spiro atoms. The first kappa shape index (κ1) is 22.1. The smallest absolute Gasteiger partial charge is 0.328 e. The van der Waals surface area contributed by atoms with Crippen molar-refractivity contribution in [1.29, 1.82) is 0 Å². The number of nitro groups is 1. The summed E-state index contributed by atoms with van der Waals surface area (Å²) >= 11 is 0. The molecule has 0 bridgehead atoms. The standard InChI is InChI=1S/C16H25N7O6/c1-28-15(25)11(5-3-7-19-16(17)22-23(26)27)20-13(24)12-9-29-14(21-12)10-4-2-6-18-8-10/h9-11,18H,2-8H2,1H3,(H,20,24)(H3,17,19,22). The quantitative estimate of drug-likeness (QED) is 0.101. The van der Waals surface area contributed by atoms with Gasteiger partial charge in [-0.15, -0.1) is 0 Å². The number of carbonyl (C=O) groups is 2. The number of hydrazine groups is 1. The van der Waals surface area contributed by atoms with Crippen molar-refractivity contribution in [2.45, 2.75) is 37.6 Å². The average molecular weight is 411 g/mol. The zero-order chi connectivity index (χ0) is 21.2. The molecule has 1 amide bonds. The third kappa shape index (κ3) is 7.03. The molecule has 0 radical (unpaired) electrons. The van der Waals surface area contributed by atoms with Gasteiger partial charge in [0, 0.05) is 19.0 Å². The number of carbonyl (C=O) groups excluding carboxylic acids is 2. The molecule has 160 valence electrons. The summed E-state index contributed by atoms with van der Waals surface area (Å²) in [5.41, 5.74) is 7.10. The lowest BCUT2D eigenvalue weighted by Gasteiger charge is -2.19. The second-order valence-corrected chi connectivity index (χ2v) is 6.44. The molecule has 1 aromatic heterocycles. The Morgan fingerprint density at radius 2 is 2.38 bits per heavy atom. The Bertz CT molecular complexity index is 744. The van der Waals surface area contributed by atoms with E-state index in [0.717, 1.165) is 25.9 Å². The Morgan fingerprint density at radius 1 is 1.59 bits per heavy atom. The molecule has 13 nitrogen and oxygen atoms in total. The lowest BCUT2D eigenvalue weighted by molar-refractivity contribution is -0.525. The topological polar surface area (TPSA) is 187 Å². The number of aliphatic imine (C=N–C) groups is 1. The molecule has 1 fully saturated rings. The lowest BCUT2D eigenvalue weighted by Crippen LogP contribution is -2.42. The first-order valence-electron chi connectivity index (χ1n) is 9.16. The van der Waals surface area contributed by atoms with Gasteiger partial charge >= 0.3 is 5.97 Å². The molecular formula is C16H25N7O6. The fourth-order valence-corrected chi connectivity index (χ4v) is 2.89. The number of esters is 1. The number of piperidine rings is 1. The number of ether oxygens (including phenoxy) is 1. The van der Waals surface area contributed by atoms with E-state index in [1.807, 2.05) is 0 Å². The number of nitrogens with one attached hydrogen (secondary N) is 3. The molecule has 13 heteroatoms. The van der Waals surface area contributed by atoms with Gasteiger partial charge in [0.1, 0.15) is 12.3 Å². The molecule has 29 heavy (non-hydrogen) atoms. The zero-order valence-corrected chi connectivity index (χ0v) is 16.1. The number of amides is 1. The average Bonchev–Trinajstić information content (AvgIpc) is 3.20. The summed E-state index contributed by atoms with van der Waals surface area (Å²) in [6.45, 7) is 1.81. The van der Waals surface area contributed by atoms with Gasteiger partial charge in [0.25, 0.3) is 11.9 Å². The first-order chi connectivity index (χ1) is 13.9. The van der Waals surface area contributed by atoms with Crippen LogP contribution in [0.3, 0.4) is 0 Å². The maximum Gasteiger partial charge on any atom is 0.328 e. The number of hydrogen-bond acceptors (Lipinski definition) is 9. The molecule has 2 rings (SSSR count). The molecule has 1 aliphatic rings. The summed E-state index contributed by atoms with van der Waals surface area (Å²) in [5.74, 6) is -0.935. The molecule has 5 N–H and O–H groups in total. The van der Waals surface area contributed by atoms with Gasteiger partial charge in [-0.1, -0.05) is 5.43 Å². The molecule has 1 aliphatic heterocycles. The van der Waals surface area contributed by atoms with Crippen LogP contribution < -0.4 is 21.8 Å². The monoisotopic (exact) mass is 411 g/mol. The van der Waals surface area contributed by atoms with Gasteiger partial charge in [0.2, 0.25) is 0 Å². The van der Waals surface area contributed by atoms with Crippen molar-refractivity contribution in [2.75, 3.05) is 26.7 Å². The second kappa shape index (κ2) is 10.9. The Labute approximate surface area is 166 Å². The molecule has 1 aromatic rings. The SMILES string of the molecule is COC(=O)C(CCCN=C(N)N[N+](=O)[O-])NC(=O)c1coc(C2CCCNC2)n1. The Hall–Kier alpha value is -3.22. The van der Waals surface area contributed by atoms with Crippen molar-refractivity contribution in [2.24, 2.45) is 10.7 Å². The number of hydrogen-bond donors (Lipinski definition) is 4. The van der Waals surface area contributed by atoms with Gasteiger partial charge in [-0.3, -0.25) is 4.79 Å².